The van der Waals surface area contributed by atoms with E-state index in [9.17, 15) is 17.6 Å². The summed E-state index contributed by atoms with van der Waals surface area (Å²) in [7, 11) is -4.19. The number of benzene rings is 2. The van der Waals surface area contributed by atoms with Crippen molar-refractivity contribution >= 4 is 27.8 Å². The Morgan fingerprint density at radius 1 is 1.21 bits per heavy atom. The van der Waals surface area contributed by atoms with Gasteiger partial charge < -0.3 is 14.4 Å². The lowest BCUT2D eigenvalue weighted by atomic mass is 10.1. The quantitative estimate of drug-likeness (QED) is 0.607. The Morgan fingerprint density at radius 2 is 1.86 bits per heavy atom. The number of amides is 2. The third kappa shape index (κ3) is 6.08. The number of carbonyl (C=O) groups excluding carboxylic acids is 1. The average Bonchev–Trinajstić information content (AvgIpc) is 2.67. The maximum absolute atomic E-state index is 13.1. The summed E-state index contributed by atoms with van der Waals surface area (Å²) < 4.78 is 43.6. The van der Waals surface area contributed by atoms with E-state index in [1.807, 2.05) is 20.8 Å². The van der Waals surface area contributed by atoms with Gasteiger partial charge in [0.15, 0.2) is 0 Å². The third-order valence-electron chi connectivity index (χ3n) is 4.38. The maximum atomic E-state index is 13.1. The van der Waals surface area contributed by atoms with Gasteiger partial charge >= 0.3 is 16.1 Å². The van der Waals surface area contributed by atoms with Crippen molar-refractivity contribution in [1.82, 2.24) is 10.2 Å². The molecule has 1 unspecified atom stereocenters. The van der Waals surface area contributed by atoms with Gasteiger partial charge in [-0.25, -0.2) is 9.18 Å². The zero-order valence-corrected chi connectivity index (χ0v) is 18.1. The smallest absolute Gasteiger partial charge is 0.339 e. The predicted molar refractivity (Wildman–Crippen MR) is 110 cm³/mol. The van der Waals surface area contributed by atoms with Crippen molar-refractivity contribution in [2.75, 3.05) is 6.54 Å². The highest BCUT2D eigenvalue weighted by Crippen LogP contribution is 2.28. The van der Waals surface area contributed by atoms with Crippen molar-refractivity contribution in [2.24, 2.45) is 0 Å². The molecule has 1 atom stereocenters. The van der Waals surface area contributed by atoms with Crippen molar-refractivity contribution in [3.63, 3.8) is 0 Å². The average molecular weight is 443 g/mol. The second-order valence-corrected chi connectivity index (χ2v) is 8.45. The molecule has 2 amide bonds. The van der Waals surface area contributed by atoms with Crippen LogP contribution in [0.2, 0.25) is 5.02 Å². The van der Waals surface area contributed by atoms with Crippen molar-refractivity contribution in [2.45, 2.75) is 44.7 Å². The summed E-state index contributed by atoms with van der Waals surface area (Å²) in [5.41, 5.74) is 0.440. The van der Waals surface area contributed by atoms with Gasteiger partial charge in [0.1, 0.15) is 16.5 Å². The summed E-state index contributed by atoms with van der Waals surface area (Å²) in [6.45, 7) is 6.23. The first-order valence-corrected chi connectivity index (χ1v) is 11.0. The molecule has 1 N–H and O–H groups in total. The number of halogens is 2. The molecule has 2 aromatic carbocycles. The molecule has 0 heterocycles. The van der Waals surface area contributed by atoms with Crippen molar-refractivity contribution in [1.29, 1.82) is 0 Å². The molecule has 0 aliphatic rings. The van der Waals surface area contributed by atoms with E-state index < -0.39 is 15.9 Å². The first kappa shape index (κ1) is 23.0. The number of carbonyl (C=O) groups is 1. The van der Waals surface area contributed by atoms with Gasteiger partial charge in [-0.1, -0.05) is 18.5 Å². The van der Waals surface area contributed by atoms with E-state index in [0.717, 1.165) is 24.3 Å². The normalized spacial score (nSPS) is 12.3. The van der Waals surface area contributed by atoms with E-state index in [-0.39, 0.29) is 29.3 Å². The van der Waals surface area contributed by atoms with Crippen LogP contribution in [0.3, 0.4) is 0 Å². The molecule has 0 saturated heterocycles. The number of hydrogen-bond acceptors (Lipinski definition) is 4. The molecule has 2 rings (SSSR count). The lowest BCUT2D eigenvalue weighted by molar-refractivity contribution is 0.173. The summed E-state index contributed by atoms with van der Waals surface area (Å²) in [6.07, 6.45) is 0.710. The van der Waals surface area contributed by atoms with Crippen LogP contribution < -0.4 is 9.50 Å². The first-order valence-electron chi connectivity index (χ1n) is 9.20. The Balaban J connectivity index is 2.37. The fraction of sp³-hybridized carbons (Fsp3) is 0.350. The van der Waals surface area contributed by atoms with Gasteiger partial charge in [-0.2, -0.15) is 8.42 Å². The van der Waals surface area contributed by atoms with Gasteiger partial charge in [-0.05, 0) is 62.7 Å². The fourth-order valence-electron chi connectivity index (χ4n) is 2.60. The first-order chi connectivity index (χ1) is 13.7. The molecule has 0 fully saturated rings. The molecule has 0 bridgehead atoms. The van der Waals surface area contributed by atoms with Gasteiger partial charge in [0, 0.05) is 23.2 Å². The number of urea groups is 1. The number of hydrogen-bond donors (Lipinski definition) is 1. The Kier molecular flexibility index (Phi) is 7.87. The van der Waals surface area contributed by atoms with Crippen LogP contribution in [0, 0.1) is 5.82 Å². The molecule has 29 heavy (non-hydrogen) atoms. The Hall–Kier alpha value is -2.32. The van der Waals surface area contributed by atoms with E-state index in [1.165, 1.54) is 12.1 Å². The molecule has 2 aromatic rings. The molecule has 158 valence electrons. The van der Waals surface area contributed by atoms with E-state index in [1.54, 1.807) is 11.0 Å². The molecule has 0 aliphatic heterocycles. The molecule has 0 saturated carbocycles. The van der Waals surface area contributed by atoms with Crippen molar-refractivity contribution < 1.29 is 21.8 Å². The standard InChI is InChI=1S/C20H24ClFN2O4S/c1-4-14(3)24(20(25)23-5-2)13-15-12-16(21)6-11-19(15)28-29(26,27)18-9-7-17(22)8-10-18/h6-12,14H,4-5,13H2,1-3H3,(H,23,25). The number of rotatable bonds is 8. The van der Waals surface area contributed by atoms with Crippen LogP contribution in [0.15, 0.2) is 47.4 Å². The Morgan fingerprint density at radius 3 is 2.45 bits per heavy atom. The van der Waals surface area contributed by atoms with Gasteiger partial charge in [-0.15, -0.1) is 0 Å². The highest BCUT2D eigenvalue weighted by molar-refractivity contribution is 7.87. The summed E-state index contributed by atoms with van der Waals surface area (Å²) >= 11 is 6.09. The molecule has 0 aromatic heterocycles. The zero-order valence-electron chi connectivity index (χ0n) is 16.5. The Labute approximate surface area is 175 Å². The van der Waals surface area contributed by atoms with Crippen LogP contribution in [0.5, 0.6) is 5.75 Å². The molecular weight excluding hydrogens is 419 g/mol. The lowest BCUT2D eigenvalue weighted by Crippen LogP contribution is -2.44. The minimum Gasteiger partial charge on any atom is -0.379 e. The minimum atomic E-state index is -4.19. The van der Waals surface area contributed by atoms with Crippen LogP contribution in [-0.4, -0.2) is 31.9 Å². The van der Waals surface area contributed by atoms with Crippen LogP contribution in [0.1, 0.15) is 32.8 Å². The summed E-state index contributed by atoms with van der Waals surface area (Å²) in [5, 5.41) is 3.14. The number of nitrogens with one attached hydrogen (secondary N) is 1. The lowest BCUT2D eigenvalue weighted by Gasteiger charge is -2.29. The van der Waals surface area contributed by atoms with Gasteiger partial charge in [-0.3, -0.25) is 0 Å². The van der Waals surface area contributed by atoms with Crippen molar-refractivity contribution in [3.05, 3.63) is 58.9 Å². The van der Waals surface area contributed by atoms with Crippen LogP contribution in [-0.2, 0) is 16.7 Å². The molecular formula is C20H24ClFN2O4S. The maximum Gasteiger partial charge on any atom is 0.339 e. The summed E-state index contributed by atoms with van der Waals surface area (Å²) in [6, 6.07) is 8.46. The highest BCUT2D eigenvalue weighted by atomic mass is 35.5. The van der Waals surface area contributed by atoms with Crippen LogP contribution >= 0.6 is 11.6 Å². The molecule has 0 radical (unpaired) electrons. The Bertz CT molecular complexity index is 951. The van der Waals surface area contributed by atoms with Crippen LogP contribution in [0.25, 0.3) is 0 Å². The highest BCUT2D eigenvalue weighted by Gasteiger charge is 2.23. The fourth-order valence-corrected chi connectivity index (χ4v) is 3.76. The summed E-state index contributed by atoms with van der Waals surface area (Å²) in [4.78, 5) is 13.9. The van der Waals surface area contributed by atoms with Gasteiger partial charge in [0.25, 0.3) is 0 Å². The third-order valence-corrected chi connectivity index (χ3v) is 5.86. The van der Waals surface area contributed by atoms with Gasteiger partial charge in [0.2, 0.25) is 0 Å². The molecule has 6 nitrogen and oxygen atoms in total. The SMILES string of the molecule is CCNC(=O)N(Cc1cc(Cl)ccc1OS(=O)(=O)c1ccc(F)cc1)C(C)CC. The monoisotopic (exact) mass is 442 g/mol. The second kappa shape index (κ2) is 9.93. The largest absolute Gasteiger partial charge is 0.379 e. The number of nitrogens with zero attached hydrogens (tertiary/aromatic N) is 1. The van der Waals surface area contributed by atoms with Gasteiger partial charge in [0.05, 0.1) is 6.54 Å². The van der Waals surface area contributed by atoms with Crippen molar-refractivity contribution in [3.8, 4) is 5.75 Å². The molecule has 0 aliphatic carbocycles. The molecule has 0 spiro atoms. The van der Waals surface area contributed by atoms with E-state index in [2.05, 4.69) is 5.32 Å². The topological polar surface area (TPSA) is 75.7 Å². The van der Waals surface area contributed by atoms with E-state index in [0.29, 0.717) is 23.6 Å². The van der Waals surface area contributed by atoms with Crippen LogP contribution in [0.4, 0.5) is 9.18 Å². The minimum absolute atomic E-state index is 0.0522. The zero-order chi connectivity index (χ0) is 21.6. The van der Waals surface area contributed by atoms with E-state index >= 15 is 0 Å². The molecule has 9 heteroatoms. The predicted octanol–water partition coefficient (Wildman–Crippen LogP) is 4.58. The summed E-state index contributed by atoms with van der Waals surface area (Å²) in [5.74, 6) is -0.501. The van der Waals surface area contributed by atoms with E-state index in [4.69, 9.17) is 15.8 Å². The second-order valence-electron chi connectivity index (χ2n) is 6.46.